The van der Waals surface area contributed by atoms with Crippen molar-refractivity contribution < 1.29 is 4.74 Å². The summed E-state index contributed by atoms with van der Waals surface area (Å²) < 4.78 is 7.78. The largest absolute Gasteiger partial charge is 0.495 e. The third-order valence-electron chi connectivity index (χ3n) is 5.65. The van der Waals surface area contributed by atoms with E-state index in [0.29, 0.717) is 6.54 Å². The molecule has 0 atom stereocenters. The standard InChI is InChI=1S/C21H31N7O.HI/c1-3-22-21(23-16-20-25-24-19-10-6-7-11-28(19)20)27-14-12-26(13-15-27)17-8-4-5-9-18(17)29-2;/h4-5,8-9H,3,6-7,10-16H2,1-2H3,(H,22,23);1H. The molecule has 1 aromatic carbocycles. The van der Waals surface area contributed by atoms with Crippen LogP contribution in [0.25, 0.3) is 0 Å². The Hall–Kier alpha value is -2.04. The Morgan fingerprint density at radius 2 is 1.90 bits per heavy atom. The molecule has 8 nitrogen and oxygen atoms in total. The number of hydrogen-bond acceptors (Lipinski definition) is 5. The zero-order valence-corrected chi connectivity index (χ0v) is 20.2. The van der Waals surface area contributed by atoms with Gasteiger partial charge in [-0.25, -0.2) is 4.99 Å². The van der Waals surface area contributed by atoms with Crippen molar-refractivity contribution in [3.05, 3.63) is 35.9 Å². The molecule has 0 spiro atoms. The number of guanidine groups is 1. The summed E-state index contributed by atoms with van der Waals surface area (Å²) in [5.41, 5.74) is 1.16. The maximum Gasteiger partial charge on any atom is 0.194 e. The predicted molar refractivity (Wildman–Crippen MR) is 130 cm³/mol. The van der Waals surface area contributed by atoms with Crippen LogP contribution in [0.3, 0.4) is 0 Å². The van der Waals surface area contributed by atoms with Crippen LogP contribution in [0.15, 0.2) is 29.3 Å². The van der Waals surface area contributed by atoms with Gasteiger partial charge in [-0.3, -0.25) is 0 Å². The first kappa shape index (κ1) is 22.6. The van der Waals surface area contributed by atoms with Crippen LogP contribution >= 0.6 is 24.0 Å². The number of piperazine rings is 1. The van der Waals surface area contributed by atoms with Crippen molar-refractivity contribution in [3.8, 4) is 5.75 Å². The number of aliphatic imine (C=N–C) groups is 1. The third kappa shape index (κ3) is 4.98. The number of benzene rings is 1. The van der Waals surface area contributed by atoms with Crippen molar-refractivity contribution in [1.82, 2.24) is 25.0 Å². The van der Waals surface area contributed by atoms with E-state index in [1.165, 1.54) is 12.8 Å². The summed E-state index contributed by atoms with van der Waals surface area (Å²) in [6, 6.07) is 8.22. The van der Waals surface area contributed by atoms with Crippen molar-refractivity contribution in [1.29, 1.82) is 0 Å². The van der Waals surface area contributed by atoms with Gasteiger partial charge in [0.1, 0.15) is 18.1 Å². The number of methoxy groups -OCH3 is 1. The van der Waals surface area contributed by atoms with Crippen LogP contribution < -0.4 is 15.0 Å². The summed E-state index contributed by atoms with van der Waals surface area (Å²) in [5.74, 6) is 3.97. The van der Waals surface area contributed by atoms with Gasteiger partial charge in [0.05, 0.1) is 12.8 Å². The molecule has 0 radical (unpaired) electrons. The van der Waals surface area contributed by atoms with Crippen LogP contribution in [0.4, 0.5) is 5.69 Å². The molecule has 2 aliphatic rings. The second-order valence-electron chi connectivity index (χ2n) is 7.46. The number of rotatable bonds is 5. The molecule has 0 unspecified atom stereocenters. The number of nitrogens with zero attached hydrogens (tertiary/aromatic N) is 6. The second kappa shape index (κ2) is 10.8. The number of para-hydroxylation sites is 2. The van der Waals surface area contributed by atoms with Crippen molar-refractivity contribution in [2.75, 3.05) is 44.7 Å². The number of aryl methyl sites for hydroxylation is 1. The molecule has 9 heteroatoms. The van der Waals surface area contributed by atoms with Gasteiger partial charge in [-0.05, 0) is 31.9 Å². The Balaban J connectivity index is 0.00000256. The lowest BCUT2D eigenvalue weighted by molar-refractivity contribution is 0.366. The van der Waals surface area contributed by atoms with Gasteiger partial charge in [-0.1, -0.05) is 12.1 Å². The fourth-order valence-corrected chi connectivity index (χ4v) is 4.11. The molecule has 0 amide bonds. The van der Waals surface area contributed by atoms with Gasteiger partial charge in [0, 0.05) is 45.7 Å². The molecule has 1 fully saturated rings. The summed E-state index contributed by atoms with van der Waals surface area (Å²) in [6.45, 7) is 8.26. The van der Waals surface area contributed by atoms with Crippen LogP contribution in [-0.2, 0) is 19.5 Å². The number of anilines is 1. The summed E-state index contributed by atoms with van der Waals surface area (Å²) in [5, 5.41) is 12.2. The highest BCUT2D eigenvalue weighted by Crippen LogP contribution is 2.28. The highest BCUT2D eigenvalue weighted by molar-refractivity contribution is 14.0. The maximum atomic E-state index is 5.53. The van der Waals surface area contributed by atoms with E-state index in [-0.39, 0.29) is 24.0 Å². The molecule has 3 heterocycles. The third-order valence-corrected chi connectivity index (χ3v) is 5.65. The number of aromatic nitrogens is 3. The smallest absolute Gasteiger partial charge is 0.194 e. The van der Waals surface area contributed by atoms with Gasteiger partial charge in [0.15, 0.2) is 11.8 Å². The van der Waals surface area contributed by atoms with Crippen LogP contribution in [0, 0.1) is 0 Å². The first-order chi connectivity index (χ1) is 14.3. The Morgan fingerprint density at radius 3 is 2.67 bits per heavy atom. The monoisotopic (exact) mass is 525 g/mol. The van der Waals surface area contributed by atoms with Gasteiger partial charge in [0.25, 0.3) is 0 Å². The number of halogens is 1. The highest BCUT2D eigenvalue weighted by atomic mass is 127. The van der Waals surface area contributed by atoms with E-state index in [1.54, 1.807) is 7.11 Å². The quantitative estimate of drug-likeness (QED) is 0.368. The Morgan fingerprint density at radius 1 is 1.10 bits per heavy atom. The molecule has 164 valence electrons. The highest BCUT2D eigenvalue weighted by Gasteiger charge is 2.22. The molecule has 4 rings (SSSR count). The normalized spacial score (nSPS) is 16.7. The van der Waals surface area contributed by atoms with Crippen molar-refractivity contribution in [2.24, 2.45) is 4.99 Å². The van der Waals surface area contributed by atoms with Crippen LogP contribution in [0.1, 0.15) is 31.4 Å². The van der Waals surface area contributed by atoms with E-state index in [9.17, 15) is 0 Å². The fraction of sp³-hybridized carbons (Fsp3) is 0.571. The fourth-order valence-electron chi connectivity index (χ4n) is 4.11. The predicted octanol–water partition coefficient (Wildman–Crippen LogP) is 2.53. The molecular formula is C21H32IN7O. The summed E-state index contributed by atoms with van der Waals surface area (Å²) in [4.78, 5) is 9.60. The topological polar surface area (TPSA) is 70.8 Å². The SMILES string of the molecule is CCNC(=NCc1nnc2n1CCCC2)N1CCN(c2ccccc2OC)CC1.I. The average molecular weight is 525 g/mol. The Kier molecular flexibility index (Phi) is 8.17. The Labute approximate surface area is 195 Å². The van der Waals surface area contributed by atoms with Gasteiger partial charge >= 0.3 is 0 Å². The van der Waals surface area contributed by atoms with Crippen molar-refractivity contribution >= 4 is 35.6 Å². The van der Waals surface area contributed by atoms with Gasteiger partial charge < -0.3 is 24.4 Å². The average Bonchev–Trinajstić information content (AvgIpc) is 3.20. The van der Waals surface area contributed by atoms with E-state index in [4.69, 9.17) is 9.73 Å². The minimum absolute atomic E-state index is 0. The minimum atomic E-state index is 0. The van der Waals surface area contributed by atoms with Gasteiger partial charge in [0.2, 0.25) is 0 Å². The van der Waals surface area contributed by atoms with E-state index in [1.807, 2.05) is 12.1 Å². The van der Waals surface area contributed by atoms with Crippen molar-refractivity contribution in [3.63, 3.8) is 0 Å². The molecule has 1 N–H and O–H groups in total. The first-order valence-corrected chi connectivity index (χ1v) is 10.6. The van der Waals surface area contributed by atoms with E-state index in [2.05, 4.69) is 48.9 Å². The molecule has 2 aromatic rings. The van der Waals surface area contributed by atoms with Gasteiger partial charge in [-0.15, -0.1) is 34.2 Å². The van der Waals surface area contributed by atoms with Crippen LogP contribution in [-0.4, -0.2) is 65.5 Å². The lowest BCUT2D eigenvalue weighted by atomic mass is 10.2. The summed E-state index contributed by atoms with van der Waals surface area (Å²) in [7, 11) is 1.73. The number of ether oxygens (including phenoxy) is 1. The zero-order chi connectivity index (χ0) is 20.1. The summed E-state index contributed by atoms with van der Waals surface area (Å²) in [6.07, 6.45) is 3.44. The molecule has 0 saturated carbocycles. The van der Waals surface area contributed by atoms with Crippen molar-refractivity contribution in [2.45, 2.75) is 39.3 Å². The number of nitrogens with one attached hydrogen (secondary N) is 1. The number of hydrogen-bond donors (Lipinski definition) is 1. The molecule has 2 aliphatic heterocycles. The van der Waals surface area contributed by atoms with E-state index in [0.717, 1.165) is 74.7 Å². The van der Waals surface area contributed by atoms with Crippen LogP contribution in [0.5, 0.6) is 5.75 Å². The second-order valence-corrected chi connectivity index (χ2v) is 7.46. The van der Waals surface area contributed by atoms with E-state index >= 15 is 0 Å². The molecule has 0 bridgehead atoms. The molecule has 1 aromatic heterocycles. The number of fused-ring (bicyclic) bond motifs is 1. The minimum Gasteiger partial charge on any atom is -0.495 e. The first-order valence-electron chi connectivity index (χ1n) is 10.6. The van der Waals surface area contributed by atoms with Gasteiger partial charge in [-0.2, -0.15) is 0 Å². The Bertz CT molecular complexity index is 846. The lowest BCUT2D eigenvalue weighted by Gasteiger charge is -2.38. The van der Waals surface area contributed by atoms with Crippen LogP contribution in [0.2, 0.25) is 0 Å². The molecular weight excluding hydrogens is 493 g/mol. The molecule has 0 aliphatic carbocycles. The lowest BCUT2D eigenvalue weighted by Crippen LogP contribution is -2.52. The maximum absolute atomic E-state index is 5.53. The summed E-state index contributed by atoms with van der Waals surface area (Å²) >= 11 is 0. The molecule has 30 heavy (non-hydrogen) atoms. The zero-order valence-electron chi connectivity index (χ0n) is 17.9. The van der Waals surface area contributed by atoms with E-state index < -0.39 is 0 Å². The molecule has 1 saturated heterocycles.